The normalized spacial score (nSPS) is 28.2. The molecule has 3 aliphatic heterocycles. The lowest BCUT2D eigenvalue weighted by Gasteiger charge is -2.62. The van der Waals surface area contributed by atoms with E-state index in [0.717, 1.165) is 54.6 Å². The number of hydrogen-bond acceptors (Lipinski definition) is 10. The molecule has 0 radical (unpaired) electrons. The van der Waals surface area contributed by atoms with Gasteiger partial charge in [-0.1, -0.05) is 12.1 Å². The molecule has 1 saturated heterocycles. The minimum Gasteiger partial charge on any atom is -0.447 e. The summed E-state index contributed by atoms with van der Waals surface area (Å²) < 4.78 is 24.9. The van der Waals surface area contributed by atoms with Gasteiger partial charge in [0.2, 0.25) is 17.7 Å². The third-order valence-corrected chi connectivity index (χ3v) is 11.8. The van der Waals surface area contributed by atoms with E-state index in [9.17, 15) is 33.2 Å². The van der Waals surface area contributed by atoms with E-state index < -0.39 is 41.3 Å². The van der Waals surface area contributed by atoms with Crippen LogP contribution < -0.4 is 21.3 Å². The highest BCUT2D eigenvalue weighted by Crippen LogP contribution is 2.57. The lowest BCUT2D eigenvalue weighted by atomic mass is 9.50. The second-order valence-corrected chi connectivity index (χ2v) is 15.5. The number of imide groups is 2. The molecule has 7 aliphatic rings. The molecule has 4 aliphatic carbocycles. The number of nitrogens with zero attached hydrogens (tertiary/aromatic N) is 2. The SMILES string of the molecule is O=C1CCC(N2C(=O)c3cccc(NCCOCCOC(=O)NC45CC6CC(CC(NCC(=O)N7Cc8ccc(F)cc8C7)(C6)C4)C5)c3C2=O)C(=O)N1. The molecule has 280 valence electrons. The summed E-state index contributed by atoms with van der Waals surface area (Å²) in [6, 6.07) is 8.48. The molecule has 6 amide bonds. The minimum absolute atomic E-state index is 0.0123. The van der Waals surface area contributed by atoms with Crippen LogP contribution >= 0.6 is 0 Å². The number of piperidine rings is 1. The largest absolute Gasteiger partial charge is 0.447 e. The van der Waals surface area contributed by atoms with Gasteiger partial charge in [-0.25, -0.2) is 9.18 Å². The quantitative estimate of drug-likeness (QED) is 0.188. The van der Waals surface area contributed by atoms with Gasteiger partial charge in [-0.3, -0.25) is 34.2 Å². The highest BCUT2D eigenvalue weighted by atomic mass is 19.1. The summed E-state index contributed by atoms with van der Waals surface area (Å²) in [4.78, 5) is 79.2. The molecule has 5 fully saturated rings. The lowest BCUT2D eigenvalue weighted by molar-refractivity contribution is -0.136. The fourth-order valence-electron chi connectivity index (χ4n) is 10.00. The first-order chi connectivity index (χ1) is 25.5. The average Bonchev–Trinajstić information content (AvgIpc) is 3.64. The first-order valence-electron chi connectivity index (χ1n) is 18.4. The van der Waals surface area contributed by atoms with E-state index in [-0.39, 0.29) is 67.6 Å². The molecule has 4 N–H and O–H groups in total. The van der Waals surface area contributed by atoms with Gasteiger partial charge in [0.05, 0.1) is 30.9 Å². The number of ether oxygens (including phenoxy) is 2. The molecule has 9 rings (SSSR count). The van der Waals surface area contributed by atoms with Crippen LogP contribution in [0.1, 0.15) is 83.2 Å². The summed E-state index contributed by atoms with van der Waals surface area (Å²) >= 11 is 0. The van der Waals surface area contributed by atoms with Crippen LogP contribution in [0.3, 0.4) is 0 Å². The third kappa shape index (κ3) is 6.87. The van der Waals surface area contributed by atoms with Gasteiger partial charge in [0.1, 0.15) is 18.5 Å². The van der Waals surface area contributed by atoms with Gasteiger partial charge in [-0.05, 0) is 92.2 Å². The summed E-state index contributed by atoms with van der Waals surface area (Å²) in [6.07, 6.45) is 5.18. The Balaban J connectivity index is 0.773. The maximum atomic E-state index is 13.7. The summed E-state index contributed by atoms with van der Waals surface area (Å²) in [6.45, 7) is 1.82. The van der Waals surface area contributed by atoms with Crippen LogP contribution in [0.15, 0.2) is 36.4 Å². The van der Waals surface area contributed by atoms with Gasteiger partial charge < -0.3 is 30.3 Å². The predicted molar refractivity (Wildman–Crippen MR) is 186 cm³/mol. The monoisotopic (exact) mass is 730 g/mol. The van der Waals surface area contributed by atoms with Crippen molar-refractivity contribution in [2.24, 2.45) is 11.8 Å². The number of carbonyl (C=O) groups is 6. The van der Waals surface area contributed by atoms with Gasteiger partial charge >= 0.3 is 6.09 Å². The Kier molecular flexibility index (Phi) is 9.17. The van der Waals surface area contributed by atoms with Crippen LogP contribution in [0.2, 0.25) is 0 Å². The predicted octanol–water partition coefficient (Wildman–Crippen LogP) is 2.61. The fourth-order valence-corrected chi connectivity index (χ4v) is 10.00. The van der Waals surface area contributed by atoms with E-state index in [1.807, 2.05) is 0 Å². The van der Waals surface area contributed by atoms with Crippen molar-refractivity contribution in [2.45, 2.75) is 81.6 Å². The summed E-state index contributed by atoms with van der Waals surface area (Å²) in [5.74, 6) is -1.67. The summed E-state index contributed by atoms with van der Waals surface area (Å²) in [5, 5.41) is 12.1. The molecule has 2 aromatic rings. The molecule has 3 atom stereocenters. The lowest BCUT2D eigenvalue weighted by Crippen LogP contribution is -2.69. The van der Waals surface area contributed by atoms with Gasteiger partial charge in [-0.15, -0.1) is 0 Å². The molecule has 0 aromatic heterocycles. The fraction of sp³-hybridized carbons (Fsp3) is 0.526. The van der Waals surface area contributed by atoms with Crippen molar-refractivity contribution >= 4 is 41.3 Å². The van der Waals surface area contributed by atoms with Crippen molar-refractivity contribution in [2.75, 3.05) is 38.2 Å². The zero-order valence-electron chi connectivity index (χ0n) is 29.3. The van der Waals surface area contributed by atoms with Crippen molar-refractivity contribution in [3.05, 3.63) is 64.5 Å². The van der Waals surface area contributed by atoms with Crippen LogP contribution in [-0.4, -0.2) is 95.5 Å². The topological polar surface area (TPSA) is 175 Å². The second-order valence-electron chi connectivity index (χ2n) is 15.5. The van der Waals surface area contributed by atoms with Crippen molar-refractivity contribution in [3.8, 4) is 0 Å². The van der Waals surface area contributed by atoms with E-state index in [4.69, 9.17) is 9.47 Å². The number of carbonyl (C=O) groups excluding carboxylic acids is 6. The van der Waals surface area contributed by atoms with E-state index in [1.54, 1.807) is 23.1 Å². The Morgan fingerprint density at radius 1 is 0.925 bits per heavy atom. The number of rotatable bonds is 12. The van der Waals surface area contributed by atoms with Crippen molar-refractivity contribution in [3.63, 3.8) is 0 Å². The first kappa shape index (κ1) is 35.2. The summed E-state index contributed by atoms with van der Waals surface area (Å²) in [5.41, 5.74) is 1.99. The van der Waals surface area contributed by atoms with Crippen LogP contribution in [0.5, 0.6) is 0 Å². The maximum Gasteiger partial charge on any atom is 0.407 e. The molecule has 4 bridgehead atoms. The van der Waals surface area contributed by atoms with Gasteiger partial charge in [0.15, 0.2) is 0 Å². The third-order valence-electron chi connectivity index (χ3n) is 11.8. The Morgan fingerprint density at radius 3 is 2.49 bits per heavy atom. The number of nitrogens with one attached hydrogen (secondary N) is 4. The van der Waals surface area contributed by atoms with E-state index in [1.165, 1.54) is 18.2 Å². The molecule has 14 nitrogen and oxygen atoms in total. The molecule has 4 saturated carbocycles. The van der Waals surface area contributed by atoms with E-state index >= 15 is 0 Å². The molecule has 3 heterocycles. The standard InChI is InChI=1S/C38H43FN6O8/c39-26-5-4-24-19-44(20-25(24)13-26)31(47)18-41-37-14-22-12-23(15-37)17-38(16-22,21-37)43-36(51)53-11-10-52-9-8-40-28-3-1-2-27-32(28)35(50)45(34(27)49)29-6-7-30(46)42-33(29)48/h1-5,13,22-23,29,40-41H,6-12,14-21H2,(H,43,51)(H,42,46,48). The minimum atomic E-state index is -1.04. The second kappa shape index (κ2) is 13.8. The Hall–Kier alpha value is -4.89. The molecular weight excluding hydrogens is 687 g/mol. The van der Waals surface area contributed by atoms with Crippen LogP contribution in [-0.2, 0) is 36.9 Å². The number of hydrogen-bond donors (Lipinski definition) is 4. The molecular formula is C38H43FN6O8. The zero-order valence-corrected chi connectivity index (χ0v) is 29.3. The van der Waals surface area contributed by atoms with Gasteiger partial charge in [-0.2, -0.15) is 0 Å². The smallest absolute Gasteiger partial charge is 0.407 e. The first-order valence-corrected chi connectivity index (χ1v) is 18.4. The van der Waals surface area contributed by atoms with Gasteiger partial charge in [0.25, 0.3) is 11.8 Å². The van der Waals surface area contributed by atoms with Crippen molar-refractivity contribution in [1.29, 1.82) is 0 Å². The van der Waals surface area contributed by atoms with Crippen LogP contribution in [0, 0.1) is 17.7 Å². The van der Waals surface area contributed by atoms with Gasteiger partial charge in [0, 0.05) is 42.8 Å². The summed E-state index contributed by atoms with van der Waals surface area (Å²) in [7, 11) is 0. The highest BCUT2D eigenvalue weighted by Gasteiger charge is 2.58. The number of fused-ring (bicyclic) bond motifs is 2. The van der Waals surface area contributed by atoms with Crippen molar-refractivity contribution < 1.29 is 42.6 Å². The number of alkyl carbamates (subject to hydrolysis) is 1. The number of halogens is 1. The Labute approximate surface area is 305 Å². The van der Waals surface area contributed by atoms with E-state index in [0.29, 0.717) is 37.2 Å². The molecule has 2 aromatic carbocycles. The number of anilines is 1. The average molecular weight is 731 g/mol. The zero-order chi connectivity index (χ0) is 36.9. The molecule has 15 heteroatoms. The van der Waals surface area contributed by atoms with Crippen LogP contribution in [0.4, 0.5) is 14.9 Å². The van der Waals surface area contributed by atoms with E-state index in [2.05, 4.69) is 21.3 Å². The Bertz CT molecular complexity index is 1870. The van der Waals surface area contributed by atoms with Crippen LogP contribution in [0.25, 0.3) is 0 Å². The molecule has 0 spiro atoms. The number of benzene rings is 2. The highest BCUT2D eigenvalue weighted by molar-refractivity contribution is 6.25. The number of amides is 6. The molecule has 53 heavy (non-hydrogen) atoms. The van der Waals surface area contributed by atoms with Crippen molar-refractivity contribution in [1.82, 2.24) is 25.8 Å². The molecule has 3 unspecified atom stereocenters. The Morgan fingerprint density at radius 2 is 1.70 bits per heavy atom. The maximum absolute atomic E-state index is 13.7.